The van der Waals surface area contributed by atoms with Gasteiger partial charge < -0.3 is 9.30 Å². The van der Waals surface area contributed by atoms with Crippen molar-refractivity contribution in [3.63, 3.8) is 0 Å². The van der Waals surface area contributed by atoms with Crippen LogP contribution in [0.1, 0.15) is 30.1 Å². The summed E-state index contributed by atoms with van der Waals surface area (Å²) < 4.78 is 7.88. The van der Waals surface area contributed by atoms with Gasteiger partial charge in [-0.3, -0.25) is 4.79 Å². The zero-order valence-electron chi connectivity index (χ0n) is 13.4. The molecule has 0 saturated carbocycles. The van der Waals surface area contributed by atoms with Crippen LogP contribution in [-0.2, 0) is 6.54 Å². The number of ketones is 1. The van der Waals surface area contributed by atoms with E-state index >= 15 is 0 Å². The molecule has 3 nitrogen and oxygen atoms in total. The molecule has 2 aromatic carbocycles. The van der Waals surface area contributed by atoms with E-state index in [1.165, 1.54) is 0 Å². The highest BCUT2D eigenvalue weighted by Gasteiger charge is 2.13. The van der Waals surface area contributed by atoms with Crippen LogP contribution in [0.4, 0.5) is 0 Å². The lowest BCUT2D eigenvalue weighted by molar-refractivity contribution is 0.0983. The second-order valence-corrected chi connectivity index (χ2v) is 5.59. The van der Waals surface area contributed by atoms with Crippen molar-refractivity contribution in [1.29, 1.82) is 0 Å². The van der Waals surface area contributed by atoms with E-state index in [4.69, 9.17) is 4.74 Å². The fourth-order valence-corrected chi connectivity index (χ4v) is 2.79. The van der Waals surface area contributed by atoms with Gasteiger partial charge in [-0.2, -0.15) is 0 Å². The molecule has 0 atom stereocenters. The van der Waals surface area contributed by atoms with Crippen LogP contribution >= 0.6 is 0 Å². The Bertz CT molecular complexity index is 790. The van der Waals surface area contributed by atoms with Gasteiger partial charge in [0, 0.05) is 29.1 Å². The number of nitrogens with zero attached hydrogens (tertiary/aromatic N) is 1. The van der Waals surface area contributed by atoms with E-state index in [2.05, 4.69) is 10.6 Å². The monoisotopic (exact) mass is 307 g/mol. The summed E-state index contributed by atoms with van der Waals surface area (Å²) in [4.78, 5) is 12.3. The molecular weight excluding hydrogens is 286 g/mol. The number of Topliss-reactive ketones (excluding diaryl/α,β-unsaturated/α-hetero) is 1. The van der Waals surface area contributed by atoms with Crippen molar-refractivity contribution in [2.45, 2.75) is 26.3 Å². The Morgan fingerprint density at radius 2 is 1.78 bits per heavy atom. The number of para-hydroxylation sites is 2. The second kappa shape index (κ2) is 7.14. The molecule has 0 aliphatic rings. The molecule has 0 N–H and O–H groups in total. The molecule has 0 unspecified atom stereocenters. The Balaban J connectivity index is 1.79. The Labute approximate surface area is 136 Å². The van der Waals surface area contributed by atoms with Gasteiger partial charge in [-0.05, 0) is 24.6 Å². The van der Waals surface area contributed by atoms with E-state index in [9.17, 15) is 4.79 Å². The minimum absolute atomic E-state index is 0.214. The molecule has 3 aromatic rings. The molecule has 0 fully saturated rings. The quantitative estimate of drug-likeness (QED) is 0.592. The molecule has 1 heterocycles. The molecule has 0 bridgehead atoms. The van der Waals surface area contributed by atoms with Crippen LogP contribution in [-0.4, -0.2) is 17.0 Å². The maximum atomic E-state index is 12.3. The zero-order chi connectivity index (χ0) is 16.1. The summed E-state index contributed by atoms with van der Waals surface area (Å²) in [6.07, 6.45) is 3.43. The first-order chi connectivity index (χ1) is 11.3. The number of hydrogen-bond donors (Lipinski definition) is 0. The maximum Gasteiger partial charge on any atom is 0.165 e. The third kappa shape index (κ3) is 3.45. The number of fused-ring (bicyclic) bond motifs is 1. The number of rotatable bonds is 7. The van der Waals surface area contributed by atoms with Crippen molar-refractivity contribution in [2.24, 2.45) is 0 Å². The SMILES string of the molecule is CCCC(=O)c1cn(CCOc2ccccc2)c2ccccc12. The topological polar surface area (TPSA) is 31.2 Å². The lowest BCUT2D eigenvalue weighted by atomic mass is 10.1. The molecule has 0 amide bonds. The number of carbonyl (C=O) groups excluding carboxylic acids is 1. The smallest absolute Gasteiger partial charge is 0.165 e. The summed E-state index contributed by atoms with van der Waals surface area (Å²) in [5.41, 5.74) is 1.91. The van der Waals surface area contributed by atoms with Crippen LogP contribution in [0.2, 0.25) is 0 Å². The minimum Gasteiger partial charge on any atom is -0.492 e. The van der Waals surface area contributed by atoms with Crippen molar-refractivity contribution in [3.8, 4) is 5.75 Å². The Morgan fingerprint density at radius 3 is 2.57 bits per heavy atom. The van der Waals surface area contributed by atoms with E-state index < -0.39 is 0 Å². The predicted octanol–water partition coefficient (Wildman–Crippen LogP) is 4.70. The number of hydrogen-bond acceptors (Lipinski definition) is 2. The first kappa shape index (κ1) is 15.3. The van der Waals surface area contributed by atoms with E-state index in [0.717, 1.165) is 35.2 Å². The van der Waals surface area contributed by atoms with Gasteiger partial charge in [0.2, 0.25) is 0 Å². The van der Waals surface area contributed by atoms with Gasteiger partial charge in [-0.1, -0.05) is 43.3 Å². The summed E-state index contributed by atoms with van der Waals surface area (Å²) in [6, 6.07) is 17.9. The molecule has 0 aliphatic carbocycles. The summed E-state index contributed by atoms with van der Waals surface area (Å²) in [5.74, 6) is 1.08. The average Bonchev–Trinajstić information content (AvgIpc) is 2.95. The van der Waals surface area contributed by atoms with Crippen molar-refractivity contribution in [1.82, 2.24) is 4.57 Å². The van der Waals surface area contributed by atoms with Gasteiger partial charge in [0.15, 0.2) is 5.78 Å². The Hall–Kier alpha value is -2.55. The lowest BCUT2D eigenvalue weighted by Gasteiger charge is -2.08. The highest BCUT2D eigenvalue weighted by Crippen LogP contribution is 2.23. The van der Waals surface area contributed by atoms with Gasteiger partial charge in [0.05, 0.1) is 6.54 Å². The Kier molecular flexibility index (Phi) is 4.77. The largest absolute Gasteiger partial charge is 0.492 e. The number of carbonyl (C=O) groups is 1. The molecule has 3 heteroatoms. The number of benzene rings is 2. The van der Waals surface area contributed by atoms with Gasteiger partial charge in [-0.15, -0.1) is 0 Å². The van der Waals surface area contributed by atoms with Crippen molar-refractivity contribution >= 4 is 16.7 Å². The van der Waals surface area contributed by atoms with E-state index in [-0.39, 0.29) is 5.78 Å². The third-order valence-corrected chi connectivity index (χ3v) is 3.91. The molecule has 3 rings (SSSR count). The second-order valence-electron chi connectivity index (χ2n) is 5.59. The summed E-state index contributed by atoms with van der Waals surface area (Å²) in [5, 5.41) is 1.03. The molecule has 0 saturated heterocycles. The average molecular weight is 307 g/mol. The first-order valence-electron chi connectivity index (χ1n) is 8.08. The lowest BCUT2D eigenvalue weighted by Crippen LogP contribution is -2.07. The zero-order valence-corrected chi connectivity index (χ0v) is 13.4. The fourth-order valence-electron chi connectivity index (χ4n) is 2.79. The van der Waals surface area contributed by atoms with E-state index in [0.29, 0.717) is 13.0 Å². The highest BCUT2D eigenvalue weighted by atomic mass is 16.5. The van der Waals surface area contributed by atoms with Crippen LogP contribution in [0, 0.1) is 0 Å². The van der Waals surface area contributed by atoms with Crippen molar-refractivity contribution in [2.75, 3.05) is 6.61 Å². The molecule has 118 valence electrons. The van der Waals surface area contributed by atoms with E-state index in [1.54, 1.807) is 0 Å². The van der Waals surface area contributed by atoms with Gasteiger partial charge in [0.25, 0.3) is 0 Å². The van der Waals surface area contributed by atoms with Gasteiger partial charge in [0.1, 0.15) is 12.4 Å². The molecule has 23 heavy (non-hydrogen) atoms. The van der Waals surface area contributed by atoms with Crippen LogP contribution in [0.25, 0.3) is 10.9 Å². The van der Waals surface area contributed by atoms with Gasteiger partial charge in [-0.25, -0.2) is 0 Å². The molecule has 0 aliphatic heterocycles. The van der Waals surface area contributed by atoms with Crippen LogP contribution < -0.4 is 4.74 Å². The van der Waals surface area contributed by atoms with Crippen molar-refractivity contribution < 1.29 is 9.53 Å². The number of aromatic nitrogens is 1. The molecule has 0 radical (unpaired) electrons. The molecule has 0 spiro atoms. The molecular formula is C20H21NO2. The number of ether oxygens (including phenoxy) is 1. The maximum absolute atomic E-state index is 12.3. The highest BCUT2D eigenvalue weighted by molar-refractivity contribution is 6.08. The summed E-state index contributed by atoms with van der Waals surface area (Å²) in [6.45, 7) is 3.32. The first-order valence-corrected chi connectivity index (χ1v) is 8.08. The summed E-state index contributed by atoms with van der Waals surface area (Å²) in [7, 11) is 0. The normalized spacial score (nSPS) is 10.8. The fraction of sp³-hybridized carbons (Fsp3) is 0.250. The Morgan fingerprint density at radius 1 is 1.04 bits per heavy atom. The van der Waals surface area contributed by atoms with Gasteiger partial charge >= 0.3 is 0 Å². The standard InChI is InChI=1S/C20H21NO2/c1-2-8-20(22)18-15-21(19-12-7-6-11-17(18)19)13-14-23-16-9-4-3-5-10-16/h3-7,9-12,15H,2,8,13-14H2,1H3. The van der Waals surface area contributed by atoms with Crippen molar-refractivity contribution in [3.05, 3.63) is 66.4 Å². The molecule has 1 aromatic heterocycles. The summed E-state index contributed by atoms with van der Waals surface area (Å²) >= 11 is 0. The van der Waals surface area contributed by atoms with Crippen LogP contribution in [0.5, 0.6) is 5.75 Å². The van der Waals surface area contributed by atoms with Crippen LogP contribution in [0.15, 0.2) is 60.8 Å². The van der Waals surface area contributed by atoms with Crippen LogP contribution in [0.3, 0.4) is 0 Å². The predicted molar refractivity (Wildman–Crippen MR) is 93.1 cm³/mol. The van der Waals surface area contributed by atoms with E-state index in [1.807, 2.05) is 61.7 Å². The minimum atomic E-state index is 0.214. The third-order valence-electron chi connectivity index (χ3n) is 3.91.